The van der Waals surface area contributed by atoms with E-state index < -0.39 is 0 Å². The molecule has 0 unspecified atom stereocenters. The van der Waals surface area contributed by atoms with Crippen LogP contribution >= 0.6 is 0 Å². The monoisotopic (exact) mass is 351 g/mol. The van der Waals surface area contributed by atoms with E-state index in [1.165, 1.54) is 33.0 Å². The van der Waals surface area contributed by atoms with Gasteiger partial charge in [-0.15, -0.1) is 0 Å². The summed E-state index contributed by atoms with van der Waals surface area (Å²) in [5.74, 6) is 1.74. The Morgan fingerprint density at radius 1 is 1.00 bits per heavy atom. The average Bonchev–Trinajstić information content (AvgIpc) is 2.64. The van der Waals surface area contributed by atoms with Gasteiger partial charge in [0.25, 0.3) is 5.69 Å². The SMILES string of the molecule is [C-]#[N+]c1ccc2c[n+](C)c3c(c2c1)Oc1cc(C)cc2cc(C)c(C)c-3c12. The number of aryl methyl sites for hydroxylation is 3. The summed E-state index contributed by atoms with van der Waals surface area (Å²) in [6.07, 6.45) is 2.12. The zero-order valence-corrected chi connectivity index (χ0v) is 15.8. The smallest absolute Gasteiger partial charge is 0.256 e. The van der Waals surface area contributed by atoms with E-state index >= 15 is 0 Å². The molecule has 1 aromatic heterocycles. The number of pyridine rings is 1. The molecule has 130 valence electrons. The number of hydrogen-bond donors (Lipinski definition) is 0. The summed E-state index contributed by atoms with van der Waals surface area (Å²) in [4.78, 5) is 3.61. The lowest BCUT2D eigenvalue weighted by atomic mass is 9.89. The normalized spacial score (nSPS) is 12.0. The van der Waals surface area contributed by atoms with Gasteiger partial charge in [-0.1, -0.05) is 24.3 Å². The molecule has 4 aromatic rings. The maximum atomic E-state index is 7.38. The van der Waals surface area contributed by atoms with Crippen LogP contribution in [0.5, 0.6) is 11.5 Å². The number of fused-ring (bicyclic) bond motifs is 4. The minimum atomic E-state index is 0.628. The minimum Gasteiger partial charge on any atom is -0.449 e. The Hall–Kier alpha value is -3.38. The Kier molecular flexibility index (Phi) is 3.12. The molecule has 0 saturated carbocycles. The summed E-state index contributed by atoms with van der Waals surface area (Å²) in [5.41, 5.74) is 6.67. The highest BCUT2D eigenvalue weighted by Crippen LogP contribution is 2.50. The molecule has 27 heavy (non-hydrogen) atoms. The molecule has 3 heteroatoms. The molecule has 3 aromatic carbocycles. The summed E-state index contributed by atoms with van der Waals surface area (Å²) in [6.45, 7) is 13.8. The van der Waals surface area contributed by atoms with Crippen molar-refractivity contribution in [1.82, 2.24) is 0 Å². The predicted molar refractivity (Wildman–Crippen MR) is 109 cm³/mol. The lowest BCUT2D eigenvalue weighted by Crippen LogP contribution is -2.32. The third-order valence-corrected chi connectivity index (χ3v) is 5.63. The van der Waals surface area contributed by atoms with Crippen molar-refractivity contribution in [1.29, 1.82) is 0 Å². The van der Waals surface area contributed by atoms with Crippen LogP contribution in [-0.2, 0) is 7.05 Å². The van der Waals surface area contributed by atoms with Crippen LogP contribution in [0, 0.1) is 27.3 Å². The van der Waals surface area contributed by atoms with E-state index in [9.17, 15) is 0 Å². The molecule has 0 amide bonds. The number of aromatic nitrogens is 1. The molecule has 5 rings (SSSR count). The van der Waals surface area contributed by atoms with Crippen molar-refractivity contribution in [3.05, 3.63) is 70.7 Å². The number of nitrogens with zero attached hydrogens (tertiary/aromatic N) is 2. The van der Waals surface area contributed by atoms with E-state index in [0.717, 1.165) is 28.0 Å². The zero-order chi connectivity index (χ0) is 18.9. The van der Waals surface area contributed by atoms with Crippen LogP contribution in [0.1, 0.15) is 16.7 Å². The molecule has 0 bridgehead atoms. The fourth-order valence-electron chi connectivity index (χ4n) is 4.25. The average molecular weight is 351 g/mol. The first-order chi connectivity index (χ1) is 13.0. The quantitative estimate of drug-likeness (QED) is 0.245. The first kappa shape index (κ1) is 15.8. The molecule has 0 radical (unpaired) electrons. The van der Waals surface area contributed by atoms with Gasteiger partial charge in [0.2, 0.25) is 5.75 Å². The van der Waals surface area contributed by atoms with Gasteiger partial charge >= 0.3 is 0 Å². The Balaban J connectivity index is 2.02. The Morgan fingerprint density at radius 2 is 1.81 bits per heavy atom. The summed E-state index contributed by atoms with van der Waals surface area (Å²) in [5, 5.41) is 4.44. The van der Waals surface area contributed by atoms with Crippen molar-refractivity contribution in [3.8, 4) is 22.8 Å². The summed E-state index contributed by atoms with van der Waals surface area (Å²) in [6, 6.07) is 12.4. The van der Waals surface area contributed by atoms with E-state index in [0.29, 0.717) is 5.69 Å². The van der Waals surface area contributed by atoms with Crippen LogP contribution in [0.25, 0.3) is 37.6 Å². The predicted octanol–water partition coefficient (Wildman–Crippen LogP) is 6.07. The Labute approximate surface area is 158 Å². The molecule has 0 spiro atoms. The van der Waals surface area contributed by atoms with Gasteiger partial charge in [0.05, 0.1) is 12.1 Å². The molecule has 0 atom stereocenters. The highest BCUT2D eigenvalue weighted by molar-refractivity contribution is 6.08. The van der Waals surface area contributed by atoms with E-state index in [-0.39, 0.29) is 0 Å². The van der Waals surface area contributed by atoms with E-state index in [4.69, 9.17) is 11.3 Å². The number of hydrogen-bond acceptors (Lipinski definition) is 1. The van der Waals surface area contributed by atoms with Gasteiger partial charge in [-0.3, -0.25) is 0 Å². The van der Waals surface area contributed by atoms with Crippen molar-refractivity contribution >= 4 is 27.2 Å². The molecular formula is C24H19N2O+. The standard InChI is InChI=1S/C24H19N2O/c1-13-8-17-10-14(2)15(3)21-22(17)20(9-13)27-24-19-11-18(25-4)7-6-16(19)12-26(5)23(21)24/h6-12H,1-3,5H3/q+1. The summed E-state index contributed by atoms with van der Waals surface area (Å²) < 4.78 is 8.65. The van der Waals surface area contributed by atoms with Crippen molar-refractivity contribution < 1.29 is 9.30 Å². The number of ether oxygens (including phenoxy) is 1. The maximum Gasteiger partial charge on any atom is 0.256 e. The van der Waals surface area contributed by atoms with Gasteiger partial charge in [0, 0.05) is 16.2 Å². The third kappa shape index (κ3) is 2.10. The molecule has 2 heterocycles. The van der Waals surface area contributed by atoms with Gasteiger partial charge in [-0.25, -0.2) is 4.85 Å². The first-order valence-electron chi connectivity index (χ1n) is 9.04. The molecule has 1 aliphatic heterocycles. The highest BCUT2D eigenvalue weighted by atomic mass is 16.5. The lowest BCUT2D eigenvalue weighted by molar-refractivity contribution is -0.659. The van der Waals surface area contributed by atoms with Gasteiger partial charge in [0.1, 0.15) is 12.8 Å². The number of benzene rings is 3. The molecule has 3 nitrogen and oxygen atoms in total. The Bertz CT molecular complexity index is 1340. The number of rotatable bonds is 0. The van der Waals surface area contributed by atoms with E-state index in [2.05, 4.69) is 61.6 Å². The highest BCUT2D eigenvalue weighted by Gasteiger charge is 2.31. The Morgan fingerprint density at radius 3 is 2.59 bits per heavy atom. The molecule has 0 N–H and O–H groups in total. The van der Waals surface area contributed by atoms with Crippen molar-refractivity contribution in [2.45, 2.75) is 20.8 Å². The largest absolute Gasteiger partial charge is 0.449 e. The van der Waals surface area contributed by atoms with Gasteiger partial charge < -0.3 is 4.74 Å². The third-order valence-electron chi connectivity index (χ3n) is 5.63. The fourth-order valence-corrected chi connectivity index (χ4v) is 4.25. The van der Waals surface area contributed by atoms with Crippen LogP contribution in [0.2, 0.25) is 0 Å². The van der Waals surface area contributed by atoms with Crippen molar-refractivity contribution in [2.24, 2.45) is 7.05 Å². The van der Waals surface area contributed by atoms with Crippen LogP contribution in [-0.4, -0.2) is 0 Å². The second-order valence-corrected chi connectivity index (χ2v) is 7.46. The lowest BCUT2D eigenvalue weighted by Gasteiger charge is -2.23. The van der Waals surface area contributed by atoms with E-state index in [1.807, 2.05) is 18.2 Å². The topological polar surface area (TPSA) is 17.5 Å². The van der Waals surface area contributed by atoms with Gasteiger partial charge in [0.15, 0.2) is 11.9 Å². The molecular weight excluding hydrogens is 332 g/mol. The van der Waals surface area contributed by atoms with Crippen molar-refractivity contribution in [2.75, 3.05) is 0 Å². The van der Waals surface area contributed by atoms with Gasteiger partial charge in [-0.05, 0) is 55.0 Å². The molecule has 1 aliphatic rings. The van der Waals surface area contributed by atoms with E-state index in [1.54, 1.807) is 0 Å². The van der Waals surface area contributed by atoms with Crippen LogP contribution in [0.3, 0.4) is 0 Å². The second kappa shape index (κ2) is 5.31. The van der Waals surface area contributed by atoms with Crippen LogP contribution in [0.15, 0.2) is 42.6 Å². The second-order valence-electron chi connectivity index (χ2n) is 7.46. The molecule has 0 aliphatic carbocycles. The van der Waals surface area contributed by atoms with Crippen LogP contribution in [0.4, 0.5) is 5.69 Å². The van der Waals surface area contributed by atoms with Crippen molar-refractivity contribution in [3.63, 3.8) is 0 Å². The van der Waals surface area contributed by atoms with Crippen LogP contribution < -0.4 is 9.30 Å². The fraction of sp³-hybridized carbons (Fsp3) is 0.167. The van der Waals surface area contributed by atoms with Gasteiger partial charge in [-0.2, -0.15) is 4.57 Å². The summed E-state index contributed by atoms with van der Waals surface area (Å²) >= 11 is 0. The maximum absolute atomic E-state index is 7.38. The zero-order valence-electron chi connectivity index (χ0n) is 15.8. The summed E-state index contributed by atoms with van der Waals surface area (Å²) in [7, 11) is 2.07. The minimum absolute atomic E-state index is 0.628. The molecule has 0 saturated heterocycles. The first-order valence-corrected chi connectivity index (χ1v) is 9.04. The molecule has 0 fully saturated rings.